The number of hydrogen-bond acceptors (Lipinski definition) is 4. The molecule has 0 aliphatic carbocycles. The molecule has 0 saturated heterocycles. The largest absolute Gasteiger partial charge is 0.269 e. The lowest BCUT2D eigenvalue weighted by Crippen LogP contribution is -2.30. The second kappa shape index (κ2) is 7.18. The lowest BCUT2D eigenvalue weighted by atomic mass is 10.1. The van der Waals surface area contributed by atoms with E-state index in [0.717, 1.165) is 4.31 Å². The third-order valence-corrected chi connectivity index (χ3v) is 6.56. The first kappa shape index (κ1) is 18.9. The van der Waals surface area contributed by atoms with Crippen LogP contribution in [-0.4, -0.2) is 24.7 Å². The van der Waals surface area contributed by atoms with Gasteiger partial charge in [0.05, 0.1) is 9.95 Å². The minimum absolute atomic E-state index is 0.0212. The Morgan fingerprint density at radius 3 is 2.50 bits per heavy atom. The molecule has 1 unspecified atom stereocenters. The van der Waals surface area contributed by atoms with Crippen LogP contribution in [0.15, 0.2) is 51.8 Å². The van der Waals surface area contributed by atoms with E-state index >= 15 is 0 Å². The molecule has 0 N–H and O–H groups in total. The fraction of sp³-hybridized carbons (Fsp3) is 0.200. The van der Waals surface area contributed by atoms with Crippen LogP contribution in [0.5, 0.6) is 0 Å². The molecule has 0 fully saturated rings. The molecule has 24 heavy (non-hydrogen) atoms. The van der Waals surface area contributed by atoms with Gasteiger partial charge in [-0.05, 0) is 30.7 Å². The summed E-state index contributed by atoms with van der Waals surface area (Å²) in [6.45, 7) is 1.66. The summed E-state index contributed by atoms with van der Waals surface area (Å²) in [5, 5.41) is 11.0. The summed E-state index contributed by atoms with van der Waals surface area (Å²) in [6.07, 6.45) is 0. The number of nitro benzene ring substituents is 1. The van der Waals surface area contributed by atoms with Crippen molar-refractivity contribution in [2.24, 2.45) is 0 Å². The van der Waals surface area contributed by atoms with E-state index < -0.39 is 21.0 Å². The molecule has 9 heteroatoms. The van der Waals surface area contributed by atoms with Gasteiger partial charge in [0.1, 0.15) is 4.90 Å². The van der Waals surface area contributed by atoms with E-state index in [0.29, 0.717) is 10.0 Å². The molecule has 2 aromatic rings. The second-order valence-corrected chi connectivity index (χ2v) is 8.41. The maximum absolute atomic E-state index is 12.8. The van der Waals surface area contributed by atoms with Crippen LogP contribution >= 0.6 is 27.5 Å². The minimum Gasteiger partial charge on any atom is -0.258 e. The van der Waals surface area contributed by atoms with E-state index in [1.165, 1.54) is 37.4 Å². The Kier molecular flexibility index (Phi) is 5.64. The van der Waals surface area contributed by atoms with Gasteiger partial charge in [0, 0.05) is 29.7 Å². The first-order valence-electron chi connectivity index (χ1n) is 6.82. The molecule has 0 heterocycles. The highest BCUT2D eigenvalue weighted by Gasteiger charge is 2.29. The third-order valence-electron chi connectivity index (χ3n) is 3.66. The normalized spacial score (nSPS) is 13.0. The summed E-state index contributed by atoms with van der Waals surface area (Å²) in [6, 6.07) is 9.79. The number of nitro groups is 1. The van der Waals surface area contributed by atoms with Crippen LogP contribution < -0.4 is 0 Å². The van der Waals surface area contributed by atoms with Crippen molar-refractivity contribution in [3.63, 3.8) is 0 Å². The maximum atomic E-state index is 12.8. The van der Waals surface area contributed by atoms with Crippen LogP contribution in [0.25, 0.3) is 0 Å². The lowest BCUT2D eigenvalue weighted by Gasteiger charge is -2.25. The SMILES string of the molecule is CC(c1cccc([N+](=O)[O-])c1)N(C)S(=O)(=O)c1ccc(Br)cc1Cl. The average Bonchev–Trinajstić information content (AvgIpc) is 2.53. The number of sulfonamides is 1. The van der Waals surface area contributed by atoms with Gasteiger partial charge in [0.2, 0.25) is 10.0 Å². The van der Waals surface area contributed by atoms with Gasteiger partial charge in [0.15, 0.2) is 0 Å². The van der Waals surface area contributed by atoms with E-state index in [-0.39, 0.29) is 15.6 Å². The van der Waals surface area contributed by atoms with Crippen LogP contribution in [0.2, 0.25) is 5.02 Å². The van der Waals surface area contributed by atoms with E-state index in [2.05, 4.69) is 15.9 Å². The molecule has 0 saturated carbocycles. The van der Waals surface area contributed by atoms with Gasteiger partial charge >= 0.3 is 0 Å². The highest BCUT2D eigenvalue weighted by atomic mass is 79.9. The predicted octanol–water partition coefficient (Wildman–Crippen LogP) is 4.39. The summed E-state index contributed by atoms with van der Waals surface area (Å²) in [4.78, 5) is 10.4. The van der Waals surface area contributed by atoms with Gasteiger partial charge in [-0.3, -0.25) is 10.1 Å². The Morgan fingerprint density at radius 1 is 1.25 bits per heavy atom. The average molecular weight is 434 g/mol. The molecule has 0 aliphatic rings. The molecule has 0 amide bonds. The van der Waals surface area contributed by atoms with Crippen LogP contribution in [0.3, 0.4) is 0 Å². The van der Waals surface area contributed by atoms with Crippen molar-refractivity contribution in [1.29, 1.82) is 0 Å². The number of halogens is 2. The van der Waals surface area contributed by atoms with Crippen LogP contribution in [-0.2, 0) is 10.0 Å². The summed E-state index contributed by atoms with van der Waals surface area (Å²) >= 11 is 9.28. The van der Waals surface area contributed by atoms with Crippen molar-refractivity contribution >= 4 is 43.2 Å². The molecule has 0 aromatic heterocycles. The predicted molar refractivity (Wildman–Crippen MR) is 95.6 cm³/mol. The maximum Gasteiger partial charge on any atom is 0.269 e. The van der Waals surface area contributed by atoms with Gasteiger partial charge < -0.3 is 0 Å². The zero-order valence-electron chi connectivity index (χ0n) is 12.8. The van der Waals surface area contributed by atoms with Crippen molar-refractivity contribution < 1.29 is 13.3 Å². The fourth-order valence-electron chi connectivity index (χ4n) is 2.16. The van der Waals surface area contributed by atoms with Gasteiger partial charge in [0.25, 0.3) is 5.69 Å². The first-order chi connectivity index (χ1) is 11.1. The van der Waals surface area contributed by atoms with Crippen molar-refractivity contribution in [3.8, 4) is 0 Å². The second-order valence-electron chi connectivity index (χ2n) is 5.12. The van der Waals surface area contributed by atoms with Gasteiger partial charge in [-0.15, -0.1) is 0 Å². The highest BCUT2D eigenvalue weighted by Crippen LogP contribution is 2.32. The van der Waals surface area contributed by atoms with Crippen molar-refractivity contribution in [2.45, 2.75) is 17.9 Å². The zero-order valence-corrected chi connectivity index (χ0v) is 16.0. The Hall–Kier alpha value is -1.48. The Labute approximate surface area is 153 Å². The topological polar surface area (TPSA) is 80.5 Å². The summed E-state index contributed by atoms with van der Waals surface area (Å²) in [5.74, 6) is 0. The third kappa shape index (κ3) is 3.77. The van der Waals surface area contributed by atoms with Crippen molar-refractivity contribution in [1.82, 2.24) is 4.31 Å². The lowest BCUT2D eigenvalue weighted by molar-refractivity contribution is -0.384. The van der Waals surface area contributed by atoms with Gasteiger partial charge in [-0.25, -0.2) is 8.42 Å². The number of rotatable bonds is 5. The number of benzene rings is 2. The molecule has 0 spiro atoms. The molecular weight excluding hydrogens is 420 g/mol. The van der Waals surface area contributed by atoms with Crippen LogP contribution in [0.4, 0.5) is 5.69 Å². The Balaban J connectivity index is 2.40. The molecule has 2 rings (SSSR count). The molecule has 128 valence electrons. The van der Waals surface area contributed by atoms with Crippen LogP contribution in [0, 0.1) is 10.1 Å². The van der Waals surface area contributed by atoms with E-state index in [1.54, 1.807) is 19.1 Å². The first-order valence-corrected chi connectivity index (χ1v) is 9.43. The standard InChI is InChI=1S/C15H14BrClN2O4S/c1-10(11-4-3-5-13(8-11)19(20)21)18(2)24(22,23)15-7-6-12(16)9-14(15)17/h3-10H,1-2H3. The van der Waals surface area contributed by atoms with E-state index in [1.807, 2.05) is 0 Å². The Bertz CT molecular complexity index is 889. The quantitative estimate of drug-likeness (QED) is 0.517. The van der Waals surface area contributed by atoms with Crippen molar-refractivity contribution in [2.75, 3.05) is 7.05 Å². The summed E-state index contributed by atoms with van der Waals surface area (Å²) in [5.41, 5.74) is 0.426. The molecule has 0 aliphatic heterocycles. The number of hydrogen-bond donors (Lipinski definition) is 0. The fourth-order valence-corrected chi connectivity index (χ4v) is 4.52. The summed E-state index contributed by atoms with van der Waals surface area (Å²) < 4.78 is 27.4. The van der Waals surface area contributed by atoms with Gasteiger partial charge in [-0.2, -0.15) is 4.31 Å². The van der Waals surface area contributed by atoms with E-state index in [9.17, 15) is 18.5 Å². The molecule has 0 bridgehead atoms. The number of nitrogens with zero attached hydrogens (tertiary/aromatic N) is 2. The van der Waals surface area contributed by atoms with Crippen LogP contribution in [0.1, 0.15) is 18.5 Å². The number of non-ortho nitro benzene ring substituents is 1. The molecule has 2 aromatic carbocycles. The molecule has 6 nitrogen and oxygen atoms in total. The molecular formula is C15H14BrClN2O4S. The summed E-state index contributed by atoms with van der Waals surface area (Å²) in [7, 11) is -2.44. The minimum atomic E-state index is -3.86. The highest BCUT2D eigenvalue weighted by molar-refractivity contribution is 9.10. The van der Waals surface area contributed by atoms with E-state index in [4.69, 9.17) is 11.6 Å². The Morgan fingerprint density at radius 2 is 1.92 bits per heavy atom. The zero-order chi connectivity index (χ0) is 18.1. The van der Waals surface area contributed by atoms with Gasteiger partial charge in [-0.1, -0.05) is 39.7 Å². The smallest absolute Gasteiger partial charge is 0.258 e. The van der Waals surface area contributed by atoms with Crippen molar-refractivity contribution in [3.05, 3.63) is 67.6 Å². The monoisotopic (exact) mass is 432 g/mol. The molecule has 1 atom stereocenters. The molecule has 0 radical (unpaired) electrons.